The van der Waals surface area contributed by atoms with Gasteiger partial charge in [-0.1, -0.05) is 11.6 Å². The molecule has 0 aromatic rings. The van der Waals surface area contributed by atoms with E-state index in [-0.39, 0.29) is 5.17 Å². The molecule has 0 unspecified atom stereocenters. The molecule has 2 nitrogen and oxygen atoms in total. The van der Waals surface area contributed by atoms with Gasteiger partial charge < -0.3 is 5.41 Å². The molecule has 0 aromatic carbocycles. The molecule has 0 saturated heterocycles. The van der Waals surface area contributed by atoms with Crippen molar-refractivity contribution in [3.05, 3.63) is 0 Å². The zero-order valence-corrected chi connectivity index (χ0v) is 4.63. The van der Waals surface area contributed by atoms with Crippen LogP contribution in [0.1, 0.15) is 12.8 Å². The maximum absolute atomic E-state index is 6.66. The predicted octanol–water partition coefficient (Wildman–Crippen LogP) is 1.63. The summed E-state index contributed by atoms with van der Waals surface area (Å²) < 4.78 is 0. The first-order valence-electron chi connectivity index (χ1n) is 1.99. The molecule has 0 fully saturated rings. The molecule has 0 saturated carbocycles. The summed E-state index contributed by atoms with van der Waals surface area (Å²) in [5.41, 5.74) is 0. The Bertz CT molecular complexity index is 79.8. The second kappa shape index (κ2) is 3.81. The lowest BCUT2D eigenvalue weighted by Gasteiger charge is -1.83. The molecule has 40 valence electrons. The summed E-state index contributed by atoms with van der Waals surface area (Å²) in [6.45, 7) is 0. The Hall–Kier alpha value is -0.370. The minimum absolute atomic E-state index is 0.128. The molecule has 0 aliphatic heterocycles. The summed E-state index contributed by atoms with van der Waals surface area (Å²) in [4.78, 5) is 0. The van der Waals surface area contributed by atoms with E-state index in [0.717, 1.165) is 0 Å². The van der Waals surface area contributed by atoms with Crippen LogP contribution in [-0.2, 0) is 0 Å². The zero-order chi connectivity index (χ0) is 5.70. The van der Waals surface area contributed by atoms with Gasteiger partial charge in [-0.05, 0) is 12.6 Å². The molecule has 0 spiro atoms. The molecular formula is C4H7ClN2. The molecular weight excluding hydrogens is 112 g/mol. The molecule has 0 aliphatic rings. The van der Waals surface area contributed by atoms with Crippen molar-refractivity contribution >= 4 is 23.0 Å². The average molecular weight is 119 g/mol. The SMILES string of the molecule is N=CCCC(=N)Cl. The maximum Gasteiger partial charge on any atom is 0.0972 e. The molecule has 7 heavy (non-hydrogen) atoms. The summed E-state index contributed by atoms with van der Waals surface area (Å²) in [6, 6.07) is 0. The van der Waals surface area contributed by atoms with E-state index in [2.05, 4.69) is 0 Å². The number of rotatable bonds is 3. The Kier molecular flexibility index (Phi) is 3.61. The molecule has 0 aliphatic carbocycles. The zero-order valence-electron chi connectivity index (χ0n) is 3.87. The van der Waals surface area contributed by atoms with Crippen LogP contribution in [-0.4, -0.2) is 11.4 Å². The van der Waals surface area contributed by atoms with E-state index in [1.54, 1.807) is 0 Å². The van der Waals surface area contributed by atoms with Gasteiger partial charge in [-0.25, -0.2) is 0 Å². The lowest BCUT2D eigenvalue weighted by atomic mass is 10.3. The van der Waals surface area contributed by atoms with Crippen molar-refractivity contribution in [3.63, 3.8) is 0 Å². The standard InChI is InChI=1S/C4H7ClN2/c5-4(7)2-1-3-6/h3,6-7H,1-2H2. The van der Waals surface area contributed by atoms with Gasteiger partial charge in [-0.2, -0.15) is 0 Å². The van der Waals surface area contributed by atoms with Crippen LogP contribution in [0.25, 0.3) is 0 Å². The van der Waals surface area contributed by atoms with Crippen LogP contribution in [0.2, 0.25) is 0 Å². The van der Waals surface area contributed by atoms with Gasteiger partial charge in [0, 0.05) is 6.42 Å². The highest BCUT2D eigenvalue weighted by molar-refractivity contribution is 6.64. The quantitative estimate of drug-likeness (QED) is 0.530. The van der Waals surface area contributed by atoms with E-state index in [1.807, 2.05) is 0 Å². The van der Waals surface area contributed by atoms with Crippen LogP contribution in [0.5, 0.6) is 0 Å². The van der Waals surface area contributed by atoms with E-state index in [1.165, 1.54) is 6.21 Å². The minimum Gasteiger partial charge on any atom is -0.313 e. The predicted molar refractivity (Wildman–Crippen MR) is 31.6 cm³/mol. The third kappa shape index (κ3) is 5.63. The van der Waals surface area contributed by atoms with Gasteiger partial charge in [-0.15, -0.1) is 0 Å². The third-order valence-corrected chi connectivity index (χ3v) is 0.697. The summed E-state index contributed by atoms with van der Waals surface area (Å²) in [5, 5.41) is 13.3. The Morgan fingerprint density at radius 1 is 1.71 bits per heavy atom. The molecule has 0 aromatic heterocycles. The van der Waals surface area contributed by atoms with E-state index in [9.17, 15) is 0 Å². The van der Waals surface area contributed by atoms with Gasteiger partial charge >= 0.3 is 0 Å². The topological polar surface area (TPSA) is 47.7 Å². The van der Waals surface area contributed by atoms with Crippen molar-refractivity contribution in [1.29, 1.82) is 10.8 Å². The maximum atomic E-state index is 6.66. The first kappa shape index (κ1) is 6.63. The third-order valence-electron chi connectivity index (χ3n) is 0.508. The van der Waals surface area contributed by atoms with E-state index >= 15 is 0 Å². The van der Waals surface area contributed by atoms with Crippen LogP contribution in [0.15, 0.2) is 0 Å². The molecule has 0 atom stereocenters. The second-order valence-electron chi connectivity index (χ2n) is 1.15. The molecule has 0 bridgehead atoms. The molecule has 3 heteroatoms. The number of halogens is 1. The lowest BCUT2D eigenvalue weighted by Crippen LogP contribution is -1.82. The fourth-order valence-electron chi connectivity index (χ4n) is 0.199. The normalized spacial score (nSPS) is 8.14. The van der Waals surface area contributed by atoms with Crippen molar-refractivity contribution in [2.75, 3.05) is 0 Å². The molecule has 0 heterocycles. The van der Waals surface area contributed by atoms with Gasteiger partial charge in [0.05, 0.1) is 5.17 Å². The number of hydrogen-bond donors (Lipinski definition) is 2. The highest BCUT2D eigenvalue weighted by Gasteiger charge is 1.84. The van der Waals surface area contributed by atoms with Crippen molar-refractivity contribution in [2.45, 2.75) is 12.8 Å². The van der Waals surface area contributed by atoms with E-state index in [0.29, 0.717) is 12.8 Å². The van der Waals surface area contributed by atoms with Crippen LogP contribution >= 0.6 is 11.6 Å². The van der Waals surface area contributed by atoms with Crippen LogP contribution in [0.3, 0.4) is 0 Å². The fourth-order valence-corrected chi connectivity index (χ4v) is 0.308. The van der Waals surface area contributed by atoms with E-state index < -0.39 is 0 Å². The smallest absolute Gasteiger partial charge is 0.0972 e. The Balaban J connectivity index is 2.97. The summed E-state index contributed by atoms with van der Waals surface area (Å²) >= 11 is 5.14. The van der Waals surface area contributed by atoms with Gasteiger partial charge in [0.2, 0.25) is 0 Å². The van der Waals surface area contributed by atoms with Gasteiger partial charge in [0.25, 0.3) is 0 Å². The fraction of sp³-hybridized carbons (Fsp3) is 0.500. The molecule has 2 N–H and O–H groups in total. The Morgan fingerprint density at radius 2 is 2.29 bits per heavy atom. The average Bonchev–Trinajstić information content (AvgIpc) is 1.61. The van der Waals surface area contributed by atoms with Crippen LogP contribution in [0, 0.1) is 10.8 Å². The second-order valence-corrected chi connectivity index (χ2v) is 1.60. The van der Waals surface area contributed by atoms with Crippen molar-refractivity contribution < 1.29 is 0 Å². The first-order valence-corrected chi connectivity index (χ1v) is 2.37. The number of hydrogen-bond acceptors (Lipinski definition) is 2. The monoisotopic (exact) mass is 118 g/mol. The largest absolute Gasteiger partial charge is 0.313 e. The van der Waals surface area contributed by atoms with Crippen LogP contribution in [0.4, 0.5) is 0 Å². The Labute approximate surface area is 47.5 Å². The Morgan fingerprint density at radius 3 is 2.43 bits per heavy atom. The van der Waals surface area contributed by atoms with E-state index in [4.69, 9.17) is 22.4 Å². The number of nitrogens with one attached hydrogen (secondary N) is 2. The molecule has 0 rings (SSSR count). The summed E-state index contributed by atoms with van der Waals surface area (Å²) in [5.74, 6) is 0. The highest BCUT2D eigenvalue weighted by Crippen LogP contribution is 1.90. The minimum atomic E-state index is 0.128. The molecule has 0 radical (unpaired) electrons. The van der Waals surface area contributed by atoms with Crippen molar-refractivity contribution in [3.8, 4) is 0 Å². The summed E-state index contributed by atoms with van der Waals surface area (Å²) in [7, 11) is 0. The van der Waals surface area contributed by atoms with Crippen LogP contribution < -0.4 is 0 Å². The first-order chi connectivity index (χ1) is 3.27. The van der Waals surface area contributed by atoms with Crippen molar-refractivity contribution in [2.24, 2.45) is 0 Å². The van der Waals surface area contributed by atoms with Gasteiger partial charge in [-0.3, -0.25) is 5.41 Å². The lowest BCUT2D eigenvalue weighted by molar-refractivity contribution is 1.16. The van der Waals surface area contributed by atoms with Gasteiger partial charge in [0.1, 0.15) is 0 Å². The van der Waals surface area contributed by atoms with Crippen molar-refractivity contribution in [1.82, 2.24) is 0 Å². The highest BCUT2D eigenvalue weighted by atomic mass is 35.5. The molecule has 0 amide bonds. The summed E-state index contributed by atoms with van der Waals surface area (Å²) in [6.07, 6.45) is 2.34. The van der Waals surface area contributed by atoms with Gasteiger partial charge in [0.15, 0.2) is 0 Å².